The van der Waals surface area contributed by atoms with Crippen molar-refractivity contribution in [2.45, 2.75) is 10.6 Å². The number of thioether (sulfide) groups is 1. The van der Waals surface area contributed by atoms with Crippen molar-refractivity contribution < 1.29 is 18.7 Å². The Morgan fingerprint density at radius 2 is 1.84 bits per heavy atom. The SMILES string of the molecule is O=C(O)c1ccc(F)c(SCc2ccccc2F)c1. The first-order valence-corrected chi connectivity index (χ1v) is 6.45. The molecule has 0 aliphatic rings. The van der Waals surface area contributed by atoms with E-state index in [1.807, 2.05) is 0 Å². The zero-order valence-electron chi connectivity index (χ0n) is 9.77. The van der Waals surface area contributed by atoms with Gasteiger partial charge in [0.15, 0.2) is 0 Å². The molecule has 5 heteroatoms. The molecule has 0 heterocycles. The third kappa shape index (κ3) is 3.32. The average molecular weight is 280 g/mol. The van der Waals surface area contributed by atoms with Gasteiger partial charge in [-0.05, 0) is 29.8 Å². The van der Waals surface area contributed by atoms with Gasteiger partial charge in [0, 0.05) is 10.6 Å². The van der Waals surface area contributed by atoms with Crippen molar-refractivity contribution in [3.8, 4) is 0 Å². The Kier molecular flexibility index (Phi) is 4.16. The fourth-order valence-corrected chi connectivity index (χ4v) is 2.48. The lowest BCUT2D eigenvalue weighted by atomic mass is 10.2. The van der Waals surface area contributed by atoms with Crippen molar-refractivity contribution in [2.24, 2.45) is 0 Å². The summed E-state index contributed by atoms with van der Waals surface area (Å²) in [5.74, 6) is -1.74. The minimum Gasteiger partial charge on any atom is -0.478 e. The van der Waals surface area contributed by atoms with Gasteiger partial charge < -0.3 is 5.11 Å². The first kappa shape index (κ1) is 13.5. The average Bonchev–Trinajstić information content (AvgIpc) is 2.39. The highest BCUT2D eigenvalue weighted by Crippen LogP contribution is 2.27. The van der Waals surface area contributed by atoms with E-state index in [1.54, 1.807) is 18.2 Å². The molecule has 0 unspecified atom stereocenters. The molecule has 0 fully saturated rings. The smallest absolute Gasteiger partial charge is 0.335 e. The van der Waals surface area contributed by atoms with Gasteiger partial charge in [-0.15, -0.1) is 11.8 Å². The van der Waals surface area contributed by atoms with Gasteiger partial charge in [-0.2, -0.15) is 0 Å². The topological polar surface area (TPSA) is 37.3 Å². The van der Waals surface area contributed by atoms with E-state index in [0.29, 0.717) is 5.56 Å². The quantitative estimate of drug-likeness (QED) is 0.861. The van der Waals surface area contributed by atoms with E-state index in [0.717, 1.165) is 17.8 Å². The molecule has 0 saturated carbocycles. The van der Waals surface area contributed by atoms with Gasteiger partial charge in [0.25, 0.3) is 0 Å². The van der Waals surface area contributed by atoms with Crippen LogP contribution in [0.15, 0.2) is 47.4 Å². The highest BCUT2D eigenvalue weighted by Gasteiger charge is 2.10. The Morgan fingerprint density at radius 3 is 2.53 bits per heavy atom. The van der Waals surface area contributed by atoms with Crippen molar-refractivity contribution in [3.63, 3.8) is 0 Å². The zero-order chi connectivity index (χ0) is 13.8. The fraction of sp³-hybridized carbons (Fsp3) is 0.0714. The molecule has 2 aromatic carbocycles. The summed E-state index contributed by atoms with van der Waals surface area (Å²) >= 11 is 1.07. The molecule has 0 atom stereocenters. The molecule has 0 aliphatic heterocycles. The van der Waals surface area contributed by atoms with Crippen molar-refractivity contribution >= 4 is 17.7 Å². The first-order valence-electron chi connectivity index (χ1n) is 5.47. The van der Waals surface area contributed by atoms with Crippen LogP contribution >= 0.6 is 11.8 Å². The van der Waals surface area contributed by atoms with Gasteiger partial charge in [0.05, 0.1) is 5.56 Å². The predicted molar refractivity (Wildman–Crippen MR) is 69.3 cm³/mol. The third-order valence-electron chi connectivity index (χ3n) is 2.52. The Balaban J connectivity index is 2.17. The van der Waals surface area contributed by atoms with Crippen LogP contribution in [0.4, 0.5) is 8.78 Å². The first-order chi connectivity index (χ1) is 9.08. The molecule has 98 valence electrons. The Labute approximate surface area is 113 Å². The summed E-state index contributed by atoms with van der Waals surface area (Å²) in [6.45, 7) is 0. The van der Waals surface area contributed by atoms with Crippen LogP contribution in [0.5, 0.6) is 0 Å². The molecule has 19 heavy (non-hydrogen) atoms. The van der Waals surface area contributed by atoms with E-state index in [9.17, 15) is 13.6 Å². The van der Waals surface area contributed by atoms with Crippen molar-refractivity contribution in [1.29, 1.82) is 0 Å². The lowest BCUT2D eigenvalue weighted by Gasteiger charge is -2.05. The Bertz CT molecular complexity index is 614. The van der Waals surface area contributed by atoms with Crippen LogP contribution in [0.25, 0.3) is 0 Å². The molecule has 0 saturated heterocycles. The highest BCUT2D eigenvalue weighted by atomic mass is 32.2. The monoisotopic (exact) mass is 280 g/mol. The summed E-state index contributed by atoms with van der Waals surface area (Å²) in [4.78, 5) is 11.0. The second-order valence-electron chi connectivity index (χ2n) is 3.83. The maximum absolute atomic E-state index is 13.5. The minimum absolute atomic E-state index is 0.0115. The van der Waals surface area contributed by atoms with Crippen molar-refractivity contribution in [3.05, 3.63) is 65.2 Å². The molecular weight excluding hydrogens is 270 g/mol. The Hall–Kier alpha value is -1.88. The molecule has 1 N–H and O–H groups in total. The van der Waals surface area contributed by atoms with Gasteiger partial charge in [-0.25, -0.2) is 13.6 Å². The molecule has 0 spiro atoms. The summed E-state index contributed by atoms with van der Waals surface area (Å²) in [5.41, 5.74) is 0.463. The van der Waals surface area contributed by atoms with E-state index < -0.39 is 11.8 Å². The molecule has 2 rings (SSSR count). The van der Waals surface area contributed by atoms with Crippen molar-refractivity contribution in [1.82, 2.24) is 0 Å². The van der Waals surface area contributed by atoms with E-state index in [4.69, 9.17) is 5.11 Å². The number of halogens is 2. The fourth-order valence-electron chi connectivity index (χ4n) is 1.52. The third-order valence-corrected chi connectivity index (χ3v) is 3.60. The van der Waals surface area contributed by atoms with Gasteiger partial charge in [0.1, 0.15) is 11.6 Å². The maximum atomic E-state index is 13.5. The van der Waals surface area contributed by atoms with Crippen LogP contribution in [-0.4, -0.2) is 11.1 Å². The summed E-state index contributed by atoms with van der Waals surface area (Å²) in [5, 5.41) is 8.84. The van der Waals surface area contributed by atoms with Gasteiger partial charge in [-0.1, -0.05) is 18.2 Å². The van der Waals surface area contributed by atoms with Crippen molar-refractivity contribution in [2.75, 3.05) is 0 Å². The Morgan fingerprint density at radius 1 is 1.11 bits per heavy atom. The summed E-state index contributed by atoms with van der Waals surface area (Å²) in [6, 6.07) is 9.78. The van der Waals surface area contributed by atoms with E-state index in [1.165, 1.54) is 18.2 Å². The molecule has 0 amide bonds. The molecule has 2 nitrogen and oxygen atoms in total. The lowest BCUT2D eigenvalue weighted by molar-refractivity contribution is 0.0696. The minimum atomic E-state index is -1.12. The van der Waals surface area contributed by atoms with Crippen LogP contribution in [0.2, 0.25) is 0 Å². The lowest BCUT2D eigenvalue weighted by Crippen LogP contribution is -1.97. The molecular formula is C14H10F2O2S. The van der Waals surface area contributed by atoms with E-state index in [2.05, 4.69) is 0 Å². The molecule has 0 aromatic heterocycles. The van der Waals surface area contributed by atoms with Gasteiger partial charge in [-0.3, -0.25) is 0 Å². The van der Waals surface area contributed by atoms with E-state index >= 15 is 0 Å². The zero-order valence-corrected chi connectivity index (χ0v) is 10.6. The second kappa shape index (κ2) is 5.84. The summed E-state index contributed by atoms with van der Waals surface area (Å²) in [6.07, 6.45) is 0. The second-order valence-corrected chi connectivity index (χ2v) is 4.85. The normalized spacial score (nSPS) is 10.4. The van der Waals surface area contributed by atoms with Crippen LogP contribution < -0.4 is 0 Å². The number of aromatic carboxylic acids is 1. The number of rotatable bonds is 4. The molecule has 0 bridgehead atoms. The standard InChI is InChI=1S/C14H10F2O2S/c15-11-4-2-1-3-10(11)8-19-13-7-9(14(17)18)5-6-12(13)16/h1-7H,8H2,(H,17,18). The number of hydrogen-bond acceptors (Lipinski definition) is 2. The number of carboxylic acids is 1. The van der Waals surface area contributed by atoms with Crippen LogP contribution in [-0.2, 0) is 5.75 Å². The van der Waals surface area contributed by atoms with Gasteiger partial charge in [0.2, 0.25) is 0 Å². The predicted octanol–water partition coefficient (Wildman–Crippen LogP) is 3.96. The molecule has 2 aromatic rings. The van der Waals surface area contributed by atoms with Crippen LogP contribution in [0.3, 0.4) is 0 Å². The van der Waals surface area contributed by atoms with Crippen LogP contribution in [0.1, 0.15) is 15.9 Å². The molecule has 0 radical (unpaired) electrons. The number of carboxylic acid groups (broad SMARTS) is 1. The number of benzene rings is 2. The van der Waals surface area contributed by atoms with Crippen LogP contribution in [0, 0.1) is 11.6 Å². The summed E-state index contributed by atoms with van der Waals surface area (Å²) < 4.78 is 26.9. The highest BCUT2D eigenvalue weighted by molar-refractivity contribution is 7.98. The largest absolute Gasteiger partial charge is 0.478 e. The number of carbonyl (C=O) groups is 1. The molecule has 0 aliphatic carbocycles. The van der Waals surface area contributed by atoms with Gasteiger partial charge >= 0.3 is 5.97 Å². The number of hydrogen-bond donors (Lipinski definition) is 1. The summed E-state index contributed by atoms with van der Waals surface area (Å²) in [7, 11) is 0. The van der Waals surface area contributed by atoms with E-state index in [-0.39, 0.29) is 22.0 Å². The maximum Gasteiger partial charge on any atom is 0.335 e.